The average Bonchev–Trinajstić information content (AvgIpc) is 2.65. The predicted molar refractivity (Wildman–Crippen MR) is 101 cm³/mol. The van der Waals surface area contributed by atoms with Crippen molar-refractivity contribution < 1.29 is 13.9 Å². The fourth-order valence-corrected chi connectivity index (χ4v) is 2.61. The molecule has 0 aliphatic rings. The molecule has 0 aliphatic carbocycles. The molecule has 0 saturated carbocycles. The quantitative estimate of drug-likeness (QED) is 0.491. The van der Waals surface area contributed by atoms with Gasteiger partial charge in [-0.1, -0.05) is 24.3 Å². The summed E-state index contributed by atoms with van der Waals surface area (Å²) in [5.74, 6) is 0.156. The number of carbonyl (C=O) groups is 1. The van der Waals surface area contributed by atoms with Gasteiger partial charge in [-0.15, -0.1) is 0 Å². The van der Waals surface area contributed by atoms with Gasteiger partial charge >= 0.3 is 5.97 Å². The van der Waals surface area contributed by atoms with Gasteiger partial charge in [0.15, 0.2) is 5.96 Å². The van der Waals surface area contributed by atoms with Gasteiger partial charge in [0.25, 0.3) is 0 Å². The molecule has 0 amide bonds. The van der Waals surface area contributed by atoms with E-state index in [1.807, 2.05) is 30.1 Å². The summed E-state index contributed by atoms with van der Waals surface area (Å²) in [4.78, 5) is 17.6. The Morgan fingerprint density at radius 2 is 1.92 bits per heavy atom. The number of benzene rings is 2. The lowest BCUT2D eigenvalue weighted by atomic mass is 10.1. The van der Waals surface area contributed by atoms with Crippen LogP contribution in [-0.4, -0.2) is 44.6 Å². The van der Waals surface area contributed by atoms with Crippen LogP contribution in [-0.2, 0) is 17.7 Å². The number of methoxy groups -OCH3 is 1. The second-order valence-electron chi connectivity index (χ2n) is 5.90. The Balaban J connectivity index is 1.85. The van der Waals surface area contributed by atoms with Crippen molar-refractivity contribution in [2.24, 2.45) is 4.99 Å². The number of nitrogens with one attached hydrogen (secondary N) is 1. The Labute approximate surface area is 153 Å². The number of guanidine groups is 1. The van der Waals surface area contributed by atoms with Gasteiger partial charge in [0.05, 0.1) is 12.7 Å². The van der Waals surface area contributed by atoms with E-state index in [0.29, 0.717) is 18.7 Å². The highest BCUT2D eigenvalue weighted by molar-refractivity contribution is 5.89. The molecular weight excluding hydrogens is 333 g/mol. The smallest absolute Gasteiger partial charge is 0.337 e. The molecule has 0 atom stereocenters. The van der Waals surface area contributed by atoms with E-state index < -0.39 is 0 Å². The van der Waals surface area contributed by atoms with Crippen LogP contribution in [0.2, 0.25) is 0 Å². The van der Waals surface area contributed by atoms with Crippen LogP contribution in [0.5, 0.6) is 0 Å². The number of nitrogens with zero attached hydrogens (tertiary/aromatic N) is 2. The second kappa shape index (κ2) is 9.56. The fourth-order valence-electron chi connectivity index (χ4n) is 2.61. The van der Waals surface area contributed by atoms with Crippen LogP contribution >= 0.6 is 0 Å². The third kappa shape index (κ3) is 5.58. The molecular formula is C20H24FN3O2. The van der Waals surface area contributed by atoms with Crippen LogP contribution in [0.3, 0.4) is 0 Å². The molecule has 138 valence electrons. The largest absolute Gasteiger partial charge is 0.465 e. The summed E-state index contributed by atoms with van der Waals surface area (Å²) in [5.41, 5.74) is 2.53. The molecule has 26 heavy (non-hydrogen) atoms. The Morgan fingerprint density at radius 3 is 2.54 bits per heavy atom. The van der Waals surface area contributed by atoms with Crippen molar-refractivity contribution in [3.8, 4) is 0 Å². The number of hydrogen-bond donors (Lipinski definition) is 1. The van der Waals surface area contributed by atoms with E-state index in [9.17, 15) is 9.18 Å². The highest BCUT2D eigenvalue weighted by Crippen LogP contribution is 2.08. The van der Waals surface area contributed by atoms with Crippen LogP contribution < -0.4 is 5.32 Å². The highest BCUT2D eigenvalue weighted by Gasteiger charge is 2.08. The zero-order chi connectivity index (χ0) is 18.9. The first-order valence-electron chi connectivity index (χ1n) is 8.37. The summed E-state index contributed by atoms with van der Waals surface area (Å²) in [7, 11) is 4.99. The number of ether oxygens (including phenoxy) is 1. The summed E-state index contributed by atoms with van der Waals surface area (Å²) in [6, 6.07) is 13.9. The van der Waals surface area contributed by atoms with Gasteiger partial charge in [-0.2, -0.15) is 0 Å². The summed E-state index contributed by atoms with van der Waals surface area (Å²) >= 11 is 0. The predicted octanol–water partition coefficient (Wildman–Crippen LogP) is 2.86. The van der Waals surface area contributed by atoms with Crippen molar-refractivity contribution in [3.63, 3.8) is 0 Å². The van der Waals surface area contributed by atoms with Gasteiger partial charge in [0.2, 0.25) is 0 Å². The van der Waals surface area contributed by atoms with Crippen LogP contribution in [0.15, 0.2) is 53.5 Å². The number of aliphatic imine (C=N–C) groups is 1. The number of hydrogen-bond acceptors (Lipinski definition) is 3. The number of rotatable bonds is 6. The third-order valence-corrected chi connectivity index (χ3v) is 3.95. The second-order valence-corrected chi connectivity index (χ2v) is 5.90. The lowest BCUT2D eigenvalue weighted by Crippen LogP contribution is -2.39. The molecule has 2 rings (SSSR count). The molecule has 6 heteroatoms. The van der Waals surface area contributed by atoms with E-state index in [2.05, 4.69) is 15.0 Å². The molecule has 1 N–H and O–H groups in total. The molecule has 5 nitrogen and oxygen atoms in total. The lowest BCUT2D eigenvalue weighted by molar-refractivity contribution is 0.0600. The van der Waals surface area contributed by atoms with Gasteiger partial charge in [-0.3, -0.25) is 4.99 Å². The van der Waals surface area contributed by atoms with E-state index >= 15 is 0 Å². The Bertz CT molecular complexity index is 760. The van der Waals surface area contributed by atoms with Crippen molar-refractivity contribution in [2.75, 3.05) is 27.7 Å². The summed E-state index contributed by atoms with van der Waals surface area (Å²) in [6.45, 7) is 1.25. The standard InChI is InChI=1S/C20H24FN3O2/c1-22-20(24(2)14-16-5-4-6-18(21)13-16)23-12-11-15-7-9-17(10-8-15)19(25)26-3/h4-10,13H,11-12,14H2,1-3H3,(H,22,23). The molecule has 0 radical (unpaired) electrons. The fraction of sp³-hybridized carbons (Fsp3) is 0.300. The molecule has 0 unspecified atom stereocenters. The van der Waals surface area contributed by atoms with Crippen molar-refractivity contribution in [1.82, 2.24) is 10.2 Å². The molecule has 0 bridgehead atoms. The van der Waals surface area contributed by atoms with E-state index in [-0.39, 0.29) is 11.8 Å². The molecule has 0 spiro atoms. The van der Waals surface area contributed by atoms with Gasteiger partial charge < -0.3 is 15.0 Å². The van der Waals surface area contributed by atoms with Crippen molar-refractivity contribution in [2.45, 2.75) is 13.0 Å². The maximum absolute atomic E-state index is 13.3. The maximum atomic E-state index is 13.3. The monoisotopic (exact) mass is 357 g/mol. The third-order valence-electron chi connectivity index (χ3n) is 3.95. The molecule has 2 aromatic carbocycles. The Hall–Kier alpha value is -2.89. The topological polar surface area (TPSA) is 53.9 Å². The first-order chi connectivity index (χ1) is 12.5. The normalized spacial score (nSPS) is 11.2. The molecule has 0 saturated heterocycles. The molecule has 0 fully saturated rings. The SMILES string of the molecule is CN=C(NCCc1ccc(C(=O)OC)cc1)N(C)Cc1cccc(F)c1. The van der Waals surface area contributed by atoms with Crippen molar-refractivity contribution in [3.05, 3.63) is 71.0 Å². The number of halogens is 1. The molecule has 0 heterocycles. The first-order valence-corrected chi connectivity index (χ1v) is 8.37. The number of esters is 1. The van der Waals surface area contributed by atoms with Gasteiger partial charge in [-0.05, 0) is 41.8 Å². The molecule has 0 aliphatic heterocycles. The van der Waals surface area contributed by atoms with Crippen LogP contribution in [0.1, 0.15) is 21.5 Å². The van der Waals surface area contributed by atoms with Gasteiger partial charge in [-0.25, -0.2) is 9.18 Å². The van der Waals surface area contributed by atoms with Crippen LogP contribution in [0.25, 0.3) is 0 Å². The molecule has 2 aromatic rings. The number of carbonyl (C=O) groups excluding carboxylic acids is 1. The van der Waals surface area contributed by atoms with Crippen LogP contribution in [0.4, 0.5) is 4.39 Å². The summed E-state index contributed by atoms with van der Waals surface area (Å²) in [5, 5.41) is 3.29. The zero-order valence-corrected chi connectivity index (χ0v) is 15.3. The Kier molecular flexibility index (Phi) is 7.14. The Morgan fingerprint density at radius 1 is 1.19 bits per heavy atom. The minimum Gasteiger partial charge on any atom is -0.465 e. The van der Waals surface area contributed by atoms with Gasteiger partial charge in [0, 0.05) is 27.2 Å². The maximum Gasteiger partial charge on any atom is 0.337 e. The first kappa shape index (κ1) is 19.4. The highest BCUT2D eigenvalue weighted by atomic mass is 19.1. The van der Waals surface area contributed by atoms with E-state index in [1.54, 1.807) is 25.2 Å². The van der Waals surface area contributed by atoms with Crippen molar-refractivity contribution in [1.29, 1.82) is 0 Å². The summed E-state index contributed by atoms with van der Waals surface area (Å²) < 4.78 is 18.0. The van der Waals surface area contributed by atoms with E-state index in [1.165, 1.54) is 19.2 Å². The van der Waals surface area contributed by atoms with E-state index in [0.717, 1.165) is 23.5 Å². The van der Waals surface area contributed by atoms with Crippen LogP contribution in [0, 0.1) is 5.82 Å². The molecule has 0 aromatic heterocycles. The van der Waals surface area contributed by atoms with Crippen molar-refractivity contribution >= 4 is 11.9 Å². The lowest BCUT2D eigenvalue weighted by Gasteiger charge is -2.22. The summed E-state index contributed by atoms with van der Waals surface area (Å²) in [6.07, 6.45) is 0.786. The average molecular weight is 357 g/mol. The van der Waals surface area contributed by atoms with Gasteiger partial charge in [0.1, 0.15) is 5.82 Å². The minimum atomic E-state index is -0.339. The van der Waals surface area contributed by atoms with E-state index in [4.69, 9.17) is 0 Å². The zero-order valence-electron chi connectivity index (χ0n) is 15.3. The minimum absolute atomic E-state index is 0.241.